The van der Waals surface area contributed by atoms with E-state index in [9.17, 15) is 4.79 Å². The van der Waals surface area contributed by atoms with E-state index >= 15 is 0 Å². The summed E-state index contributed by atoms with van der Waals surface area (Å²) in [6, 6.07) is 0. The van der Waals surface area contributed by atoms with Crippen LogP contribution in [-0.2, 0) is 4.79 Å². The van der Waals surface area contributed by atoms with Crippen LogP contribution in [0.25, 0.3) is 0 Å². The van der Waals surface area contributed by atoms with Gasteiger partial charge < -0.3 is 11.1 Å². The predicted octanol–water partition coefficient (Wildman–Crippen LogP) is 2.06. The van der Waals surface area contributed by atoms with Crippen LogP contribution in [0, 0.1) is 5.41 Å². The molecular formula is C12H26N2O. The quantitative estimate of drug-likeness (QED) is 0.650. The normalized spacial score (nSPS) is 11.5. The summed E-state index contributed by atoms with van der Waals surface area (Å²) in [7, 11) is 0. The highest BCUT2D eigenvalue weighted by atomic mass is 16.1. The molecule has 0 bridgehead atoms. The highest BCUT2D eigenvalue weighted by Crippen LogP contribution is 2.29. The van der Waals surface area contributed by atoms with Gasteiger partial charge in [-0.3, -0.25) is 4.79 Å². The van der Waals surface area contributed by atoms with Crippen molar-refractivity contribution < 1.29 is 4.79 Å². The molecule has 3 heteroatoms. The number of hydrogen-bond acceptors (Lipinski definition) is 2. The fraction of sp³-hybridized carbons (Fsp3) is 0.917. The Balaban J connectivity index is 3.93. The Morgan fingerprint density at radius 1 is 1.20 bits per heavy atom. The maximum atomic E-state index is 11.4. The summed E-state index contributed by atoms with van der Waals surface area (Å²) >= 11 is 0. The van der Waals surface area contributed by atoms with Crippen molar-refractivity contribution in [3.05, 3.63) is 0 Å². The largest absolute Gasteiger partial charge is 0.356 e. The molecule has 0 aromatic carbocycles. The van der Waals surface area contributed by atoms with Gasteiger partial charge in [0.15, 0.2) is 0 Å². The van der Waals surface area contributed by atoms with Crippen LogP contribution in [0.15, 0.2) is 0 Å². The molecule has 0 aromatic rings. The van der Waals surface area contributed by atoms with Crippen molar-refractivity contribution in [1.29, 1.82) is 0 Å². The van der Waals surface area contributed by atoms with Gasteiger partial charge >= 0.3 is 0 Å². The number of nitrogens with two attached hydrogens (primary N) is 1. The Morgan fingerprint density at radius 2 is 1.73 bits per heavy atom. The zero-order valence-electron chi connectivity index (χ0n) is 10.4. The first kappa shape index (κ1) is 14.4. The summed E-state index contributed by atoms with van der Waals surface area (Å²) in [5.41, 5.74) is 5.65. The second kappa shape index (κ2) is 7.69. The molecule has 90 valence electrons. The van der Waals surface area contributed by atoms with Gasteiger partial charge in [-0.15, -0.1) is 0 Å². The average molecular weight is 214 g/mol. The van der Waals surface area contributed by atoms with E-state index in [4.69, 9.17) is 5.73 Å². The lowest BCUT2D eigenvalue weighted by molar-refractivity contribution is -0.121. The van der Waals surface area contributed by atoms with Crippen LogP contribution in [-0.4, -0.2) is 19.0 Å². The van der Waals surface area contributed by atoms with Crippen molar-refractivity contribution in [2.75, 3.05) is 13.1 Å². The lowest BCUT2D eigenvalue weighted by atomic mass is 9.80. The Kier molecular flexibility index (Phi) is 7.39. The number of carbonyl (C=O) groups excluding carboxylic acids is 1. The maximum Gasteiger partial charge on any atom is 0.220 e. The third kappa shape index (κ3) is 5.17. The summed E-state index contributed by atoms with van der Waals surface area (Å²) in [6.07, 6.45) is 4.71. The van der Waals surface area contributed by atoms with Crippen LogP contribution >= 0.6 is 0 Å². The smallest absolute Gasteiger partial charge is 0.220 e. The second-order valence-corrected chi connectivity index (χ2v) is 4.23. The molecule has 0 spiro atoms. The van der Waals surface area contributed by atoms with Gasteiger partial charge in [0, 0.05) is 13.0 Å². The van der Waals surface area contributed by atoms with Crippen LogP contribution in [0.5, 0.6) is 0 Å². The van der Waals surface area contributed by atoms with Crippen molar-refractivity contribution in [3.63, 3.8) is 0 Å². The molecule has 0 rings (SSSR count). The molecule has 0 aromatic heterocycles. The lowest BCUT2D eigenvalue weighted by Crippen LogP contribution is -2.36. The number of rotatable bonds is 8. The molecule has 1 amide bonds. The molecule has 0 unspecified atom stereocenters. The number of amides is 1. The van der Waals surface area contributed by atoms with Gasteiger partial charge in [-0.1, -0.05) is 20.8 Å². The van der Waals surface area contributed by atoms with Gasteiger partial charge in [0.05, 0.1) is 0 Å². The molecule has 0 aliphatic rings. The average Bonchev–Trinajstić information content (AvgIpc) is 2.29. The minimum atomic E-state index is 0.139. The third-order valence-corrected chi connectivity index (χ3v) is 3.52. The van der Waals surface area contributed by atoms with E-state index in [1.807, 2.05) is 0 Å². The Morgan fingerprint density at radius 3 is 2.13 bits per heavy atom. The van der Waals surface area contributed by atoms with Crippen molar-refractivity contribution in [2.24, 2.45) is 11.1 Å². The van der Waals surface area contributed by atoms with Crippen molar-refractivity contribution in [1.82, 2.24) is 5.32 Å². The third-order valence-electron chi connectivity index (χ3n) is 3.52. The topological polar surface area (TPSA) is 55.1 Å². The van der Waals surface area contributed by atoms with Crippen molar-refractivity contribution in [2.45, 2.75) is 52.9 Å². The van der Waals surface area contributed by atoms with E-state index in [0.717, 1.165) is 32.2 Å². The number of nitrogens with one attached hydrogen (secondary N) is 1. The van der Waals surface area contributed by atoms with E-state index in [2.05, 4.69) is 26.1 Å². The van der Waals surface area contributed by atoms with Crippen LogP contribution < -0.4 is 11.1 Å². The van der Waals surface area contributed by atoms with Gasteiger partial charge in [0.25, 0.3) is 0 Å². The highest BCUT2D eigenvalue weighted by Gasteiger charge is 2.23. The van der Waals surface area contributed by atoms with Gasteiger partial charge in [0.1, 0.15) is 0 Å². The Labute approximate surface area is 93.8 Å². The molecular weight excluding hydrogens is 188 g/mol. The van der Waals surface area contributed by atoms with E-state index in [0.29, 0.717) is 18.4 Å². The summed E-state index contributed by atoms with van der Waals surface area (Å²) in [6.45, 7) is 7.98. The first-order valence-electron chi connectivity index (χ1n) is 6.11. The van der Waals surface area contributed by atoms with Crippen LogP contribution in [0.2, 0.25) is 0 Å². The molecule has 3 nitrogen and oxygen atoms in total. The molecule has 0 saturated heterocycles. The van der Waals surface area contributed by atoms with Crippen LogP contribution in [0.1, 0.15) is 52.9 Å². The molecule has 0 heterocycles. The maximum absolute atomic E-state index is 11.4. The summed E-state index contributed by atoms with van der Waals surface area (Å²) in [4.78, 5) is 11.4. The number of carbonyl (C=O) groups is 1. The van der Waals surface area contributed by atoms with E-state index in [-0.39, 0.29) is 5.91 Å². The van der Waals surface area contributed by atoms with E-state index in [1.54, 1.807) is 0 Å². The molecule has 0 fully saturated rings. The SMILES string of the molecule is CCC(CC)(CC)CNC(=O)CCCN. The number of hydrogen-bond donors (Lipinski definition) is 2. The van der Waals surface area contributed by atoms with Gasteiger partial charge in [0.2, 0.25) is 5.91 Å². The fourth-order valence-electron chi connectivity index (χ4n) is 1.76. The Hall–Kier alpha value is -0.570. The van der Waals surface area contributed by atoms with Crippen molar-refractivity contribution >= 4 is 5.91 Å². The molecule has 0 aliphatic heterocycles. The Bertz CT molecular complexity index is 168. The van der Waals surface area contributed by atoms with Gasteiger partial charge in [-0.25, -0.2) is 0 Å². The van der Waals surface area contributed by atoms with Crippen LogP contribution in [0.3, 0.4) is 0 Å². The summed E-state index contributed by atoms with van der Waals surface area (Å²) in [5, 5.41) is 3.02. The first-order chi connectivity index (χ1) is 7.14. The highest BCUT2D eigenvalue weighted by molar-refractivity contribution is 5.75. The van der Waals surface area contributed by atoms with Gasteiger partial charge in [-0.05, 0) is 37.6 Å². The zero-order chi connectivity index (χ0) is 11.7. The molecule has 0 radical (unpaired) electrons. The molecule has 0 saturated carbocycles. The summed E-state index contributed by atoms with van der Waals surface area (Å²) in [5.74, 6) is 0.139. The predicted molar refractivity (Wildman–Crippen MR) is 64.6 cm³/mol. The minimum Gasteiger partial charge on any atom is -0.356 e. The molecule has 0 aliphatic carbocycles. The fourth-order valence-corrected chi connectivity index (χ4v) is 1.76. The van der Waals surface area contributed by atoms with E-state index in [1.165, 1.54) is 0 Å². The summed E-state index contributed by atoms with van der Waals surface area (Å²) < 4.78 is 0. The minimum absolute atomic E-state index is 0.139. The molecule has 15 heavy (non-hydrogen) atoms. The molecule has 0 atom stereocenters. The standard InChI is InChI=1S/C12H26N2O/c1-4-12(5-2,6-3)10-14-11(15)8-7-9-13/h4-10,13H2,1-3H3,(H,14,15). The van der Waals surface area contributed by atoms with E-state index < -0.39 is 0 Å². The zero-order valence-corrected chi connectivity index (χ0v) is 10.4. The monoisotopic (exact) mass is 214 g/mol. The molecule has 3 N–H and O–H groups in total. The van der Waals surface area contributed by atoms with Crippen molar-refractivity contribution in [3.8, 4) is 0 Å². The second-order valence-electron chi connectivity index (χ2n) is 4.23. The first-order valence-corrected chi connectivity index (χ1v) is 6.11. The van der Waals surface area contributed by atoms with Gasteiger partial charge in [-0.2, -0.15) is 0 Å². The van der Waals surface area contributed by atoms with Crippen LogP contribution in [0.4, 0.5) is 0 Å². The lowest BCUT2D eigenvalue weighted by Gasteiger charge is -2.30.